The molecule has 7 heteroatoms. The van der Waals surface area contributed by atoms with Crippen LogP contribution in [0.25, 0.3) is 10.8 Å². The third kappa shape index (κ3) is 5.07. The van der Waals surface area contributed by atoms with Crippen molar-refractivity contribution in [3.63, 3.8) is 0 Å². The second-order valence-corrected chi connectivity index (χ2v) is 7.59. The Morgan fingerprint density at radius 1 is 0.935 bits per heavy atom. The molecule has 0 aliphatic heterocycles. The van der Waals surface area contributed by atoms with Gasteiger partial charge in [0.1, 0.15) is 11.6 Å². The number of hydrogen-bond donors (Lipinski definition) is 2. The van der Waals surface area contributed by atoms with Gasteiger partial charge in [-0.1, -0.05) is 36.4 Å². The molecular weight excluding hydrogens is 388 g/mol. The summed E-state index contributed by atoms with van der Waals surface area (Å²) in [5.74, 6) is 2.13. The highest BCUT2D eigenvalue weighted by Gasteiger charge is 2.10. The molecule has 0 radical (unpaired) electrons. The summed E-state index contributed by atoms with van der Waals surface area (Å²) in [5, 5.41) is 5.57. The van der Waals surface area contributed by atoms with Crippen molar-refractivity contribution in [1.29, 1.82) is 0 Å². The summed E-state index contributed by atoms with van der Waals surface area (Å²) in [5.41, 5.74) is 9.19. The minimum Gasteiger partial charge on any atom is -0.497 e. The van der Waals surface area contributed by atoms with E-state index >= 15 is 0 Å². The first kappa shape index (κ1) is 20.6. The molecule has 7 nitrogen and oxygen atoms in total. The molecule has 0 unspecified atom stereocenters. The van der Waals surface area contributed by atoms with Crippen LogP contribution in [0.1, 0.15) is 17.0 Å². The lowest BCUT2D eigenvalue weighted by Gasteiger charge is -2.17. The highest BCUT2D eigenvalue weighted by Crippen LogP contribution is 2.23. The second-order valence-electron chi connectivity index (χ2n) is 7.59. The van der Waals surface area contributed by atoms with Crippen LogP contribution in [0.5, 0.6) is 5.75 Å². The smallest absolute Gasteiger partial charge is 0.232 e. The number of aryl methyl sites for hydroxylation is 1. The lowest BCUT2D eigenvalue weighted by molar-refractivity contribution is 0.310. The van der Waals surface area contributed by atoms with Crippen LogP contribution in [-0.4, -0.2) is 34.0 Å². The molecule has 3 aromatic carbocycles. The van der Waals surface area contributed by atoms with E-state index in [9.17, 15) is 0 Å². The number of nitrogens with one attached hydrogen (secondary N) is 1. The summed E-state index contributed by atoms with van der Waals surface area (Å²) in [4.78, 5) is 15.2. The third-order valence-electron chi connectivity index (χ3n) is 5.07. The molecule has 0 fully saturated rings. The van der Waals surface area contributed by atoms with Gasteiger partial charge in [-0.2, -0.15) is 15.0 Å². The van der Waals surface area contributed by atoms with Gasteiger partial charge in [0.2, 0.25) is 11.9 Å². The molecule has 0 saturated carbocycles. The van der Waals surface area contributed by atoms with Crippen molar-refractivity contribution in [3.05, 3.63) is 77.6 Å². The van der Waals surface area contributed by atoms with Crippen LogP contribution in [-0.2, 0) is 13.1 Å². The van der Waals surface area contributed by atoms with Gasteiger partial charge < -0.3 is 15.8 Å². The highest BCUT2D eigenvalue weighted by atomic mass is 16.5. The molecule has 1 heterocycles. The van der Waals surface area contributed by atoms with E-state index in [0.29, 0.717) is 18.3 Å². The van der Waals surface area contributed by atoms with Crippen molar-refractivity contribution >= 4 is 28.4 Å². The molecule has 0 bridgehead atoms. The standard InChI is InChI=1S/C24H26N6O/c1-16-6-4-5-7-21(16)26-24-28-22(27-23(25)29-24)15-30(2)14-17-8-9-19-13-20(31-3)11-10-18(19)12-17/h4-13H,14-15H2,1-3H3,(H3,25,26,27,28,29). The number of anilines is 3. The van der Waals surface area contributed by atoms with Crippen LogP contribution in [0.15, 0.2) is 60.7 Å². The molecule has 0 spiro atoms. The summed E-state index contributed by atoms with van der Waals surface area (Å²) < 4.78 is 5.30. The Morgan fingerprint density at radius 2 is 1.71 bits per heavy atom. The fourth-order valence-corrected chi connectivity index (χ4v) is 3.51. The fourth-order valence-electron chi connectivity index (χ4n) is 3.51. The Balaban J connectivity index is 1.47. The summed E-state index contributed by atoms with van der Waals surface area (Å²) >= 11 is 0. The Bertz CT molecular complexity index is 1210. The second kappa shape index (κ2) is 8.97. The Labute approximate surface area is 181 Å². The minimum atomic E-state index is 0.203. The van der Waals surface area contributed by atoms with Gasteiger partial charge in [0.25, 0.3) is 0 Å². The van der Waals surface area contributed by atoms with Crippen molar-refractivity contribution < 1.29 is 4.74 Å². The van der Waals surface area contributed by atoms with Crippen molar-refractivity contribution in [2.45, 2.75) is 20.0 Å². The Hall–Kier alpha value is -3.71. The molecule has 0 aliphatic rings. The average Bonchev–Trinajstić information content (AvgIpc) is 2.74. The molecule has 4 aromatic rings. The summed E-state index contributed by atoms with van der Waals surface area (Å²) in [6.45, 7) is 3.34. The number of para-hydroxylation sites is 1. The van der Waals surface area contributed by atoms with Crippen molar-refractivity contribution in [2.24, 2.45) is 0 Å². The number of fused-ring (bicyclic) bond motifs is 1. The van der Waals surface area contributed by atoms with E-state index in [2.05, 4.69) is 49.4 Å². The normalized spacial score (nSPS) is 11.1. The van der Waals surface area contributed by atoms with E-state index in [1.165, 1.54) is 10.9 Å². The van der Waals surface area contributed by atoms with Gasteiger partial charge in [-0.05, 0) is 60.1 Å². The molecule has 0 atom stereocenters. The van der Waals surface area contributed by atoms with Crippen LogP contribution >= 0.6 is 0 Å². The van der Waals surface area contributed by atoms with E-state index in [1.54, 1.807) is 7.11 Å². The SMILES string of the molecule is COc1ccc2cc(CN(C)Cc3nc(N)nc(Nc4ccccc4C)n3)ccc2c1. The molecule has 1 aromatic heterocycles. The molecule has 158 valence electrons. The molecule has 0 saturated heterocycles. The number of rotatable bonds is 7. The lowest BCUT2D eigenvalue weighted by atomic mass is 10.1. The first-order valence-corrected chi connectivity index (χ1v) is 10.1. The average molecular weight is 415 g/mol. The van der Waals surface area contributed by atoms with Crippen molar-refractivity contribution in [2.75, 3.05) is 25.2 Å². The van der Waals surface area contributed by atoms with Gasteiger partial charge >= 0.3 is 0 Å². The topological polar surface area (TPSA) is 89.2 Å². The fraction of sp³-hybridized carbons (Fsp3) is 0.208. The number of nitrogens with zero attached hydrogens (tertiary/aromatic N) is 4. The number of methoxy groups -OCH3 is 1. The molecule has 0 aliphatic carbocycles. The third-order valence-corrected chi connectivity index (χ3v) is 5.07. The van der Waals surface area contributed by atoms with E-state index < -0.39 is 0 Å². The van der Waals surface area contributed by atoms with Crippen molar-refractivity contribution in [1.82, 2.24) is 19.9 Å². The Morgan fingerprint density at radius 3 is 2.52 bits per heavy atom. The minimum absolute atomic E-state index is 0.203. The van der Waals surface area contributed by atoms with E-state index in [-0.39, 0.29) is 5.95 Å². The van der Waals surface area contributed by atoms with E-state index in [4.69, 9.17) is 10.5 Å². The van der Waals surface area contributed by atoms with Gasteiger partial charge in [0.05, 0.1) is 13.7 Å². The van der Waals surface area contributed by atoms with Crippen LogP contribution < -0.4 is 15.8 Å². The maximum atomic E-state index is 5.93. The molecule has 0 amide bonds. The quantitative estimate of drug-likeness (QED) is 0.466. The zero-order valence-corrected chi connectivity index (χ0v) is 18.0. The number of nitrogens with two attached hydrogens (primary N) is 1. The van der Waals surface area contributed by atoms with E-state index in [1.807, 2.05) is 50.4 Å². The first-order valence-electron chi connectivity index (χ1n) is 10.1. The highest BCUT2D eigenvalue weighted by molar-refractivity contribution is 5.84. The number of nitrogen functional groups attached to an aromatic ring is 1. The maximum Gasteiger partial charge on any atom is 0.232 e. The van der Waals surface area contributed by atoms with Crippen molar-refractivity contribution in [3.8, 4) is 5.75 Å². The molecule has 31 heavy (non-hydrogen) atoms. The van der Waals surface area contributed by atoms with Gasteiger partial charge in [0.15, 0.2) is 0 Å². The predicted molar refractivity (Wildman–Crippen MR) is 124 cm³/mol. The lowest BCUT2D eigenvalue weighted by Crippen LogP contribution is -2.20. The van der Waals surface area contributed by atoms with Gasteiger partial charge in [-0.3, -0.25) is 4.90 Å². The summed E-state index contributed by atoms with van der Waals surface area (Å²) in [7, 11) is 3.72. The van der Waals surface area contributed by atoms with Gasteiger partial charge in [0, 0.05) is 12.2 Å². The van der Waals surface area contributed by atoms with Gasteiger partial charge in [-0.15, -0.1) is 0 Å². The Kier molecular flexibility index (Phi) is 5.95. The summed E-state index contributed by atoms with van der Waals surface area (Å²) in [6, 6.07) is 20.5. The maximum absolute atomic E-state index is 5.93. The number of benzene rings is 3. The monoisotopic (exact) mass is 414 g/mol. The van der Waals surface area contributed by atoms with Gasteiger partial charge in [-0.25, -0.2) is 0 Å². The first-order chi connectivity index (χ1) is 15.0. The summed E-state index contributed by atoms with van der Waals surface area (Å²) in [6.07, 6.45) is 0. The van der Waals surface area contributed by atoms with E-state index in [0.717, 1.165) is 28.9 Å². The van der Waals surface area contributed by atoms with Crippen LogP contribution in [0.4, 0.5) is 17.6 Å². The van der Waals surface area contributed by atoms with Crippen LogP contribution in [0.3, 0.4) is 0 Å². The predicted octanol–water partition coefficient (Wildman–Crippen LogP) is 4.30. The molecular formula is C24H26N6O. The zero-order valence-electron chi connectivity index (χ0n) is 18.0. The van der Waals surface area contributed by atoms with Crippen LogP contribution in [0.2, 0.25) is 0 Å². The van der Waals surface area contributed by atoms with Crippen LogP contribution in [0, 0.1) is 6.92 Å². The largest absolute Gasteiger partial charge is 0.497 e. The molecule has 4 rings (SSSR count). The molecule has 3 N–H and O–H groups in total. The number of hydrogen-bond acceptors (Lipinski definition) is 7. The number of aromatic nitrogens is 3. The number of ether oxygens (including phenoxy) is 1. The zero-order chi connectivity index (χ0) is 21.8.